The van der Waals surface area contributed by atoms with Gasteiger partial charge in [-0.3, -0.25) is 4.79 Å². The molecule has 1 aliphatic carbocycles. The minimum atomic E-state index is -1.63. The molecule has 0 amide bonds. The molecule has 0 radical (unpaired) electrons. The first kappa shape index (κ1) is 17.1. The molecular weight excluding hydrogens is 260 g/mol. The topological polar surface area (TPSA) is 83.8 Å². The molecule has 3 atom stereocenters. The van der Waals surface area contributed by atoms with Crippen molar-refractivity contribution in [2.45, 2.75) is 65.1 Å². The number of hydrogen-bond acceptors (Lipinski definition) is 4. The molecule has 0 aromatic heterocycles. The summed E-state index contributed by atoms with van der Waals surface area (Å²) < 4.78 is 5.62. The van der Waals surface area contributed by atoms with Crippen LogP contribution < -0.4 is 0 Å². The molecule has 5 heteroatoms. The number of carbonyl (C=O) groups is 2. The zero-order valence-electron chi connectivity index (χ0n) is 12.6. The second-order valence-corrected chi connectivity index (χ2v) is 6.43. The van der Waals surface area contributed by atoms with Crippen molar-refractivity contribution in [3.8, 4) is 0 Å². The number of carbonyl (C=O) groups excluding carboxylic acids is 1. The number of carboxylic acid groups (broad SMARTS) is 1. The molecule has 0 spiro atoms. The van der Waals surface area contributed by atoms with Crippen LogP contribution in [0.5, 0.6) is 0 Å². The highest BCUT2D eigenvalue weighted by molar-refractivity contribution is 5.85. The highest BCUT2D eigenvalue weighted by atomic mass is 16.5. The van der Waals surface area contributed by atoms with Crippen molar-refractivity contribution < 1.29 is 24.5 Å². The molecule has 0 aromatic carbocycles. The maximum absolute atomic E-state index is 11.5. The Balaban J connectivity index is 2.38. The van der Waals surface area contributed by atoms with Crippen molar-refractivity contribution in [3.05, 3.63) is 0 Å². The first-order chi connectivity index (χ1) is 9.24. The van der Waals surface area contributed by atoms with Gasteiger partial charge >= 0.3 is 5.97 Å². The minimum absolute atomic E-state index is 0.0575. The predicted octanol–water partition coefficient (Wildman–Crippen LogP) is 2.01. The first-order valence-electron chi connectivity index (χ1n) is 7.29. The van der Waals surface area contributed by atoms with Crippen molar-refractivity contribution in [1.82, 2.24) is 0 Å². The van der Waals surface area contributed by atoms with Crippen LogP contribution >= 0.6 is 0 Å². The van der Waals surface area contributed by atoms with Crippen LogP contribution in [0.25, 0.3) is 0 Å². The lowest BCUT2D eigenvalue weighted by atomic mass is 9.67. The quantitative estimate of drug-likeness (QED) is 0.748. The number of carboxylic acids is 1. The average molecular weight is 286 g/mol. The number of ether oxygens (including phenoxy) is 1. The largest absolute Gasteiger partial charge is 0.479 e. The summed E-state index contributed by atoms with van der Waals surface area (Å²) in [7, 11) is 0. The standard InChI is InChI=1S/C15H26O5/c1-10(2)15(3)6-4-5-12(8-15)20-9-11(16)7-13(17)14(18)19/h10,12-13,17H,4-9H2,1-3H3,(H,18,19). The summed E-state index contributed by atoms with van der Waals surface area (Å²) in [6.07, 6.45) is 2.18. The van der Waals surface area contributed by atoms with Gasteiger partial charge in [0, 0.05) is 6.42 Å². The van der Waals surface area contributed by atoms with E-state index in [1.54, 1.807) is 0 Å². The highest BCUT2D eigenvalue weighted by Gasteiger charge is 2.35. The lowest BCUT2D eigenvalue weighted by Crippen LogP contribution is -2.35. The van der Waals surface area contributed by atoms with E-state index in [9.17, 15) is 9.59 Å². The van der Waals surface area contributed by atoms with E-state index in [1.165, 1.54) is 6.42 Å². The summed E-state index contributed by atoms with van der Waals surface area (Å²) in [5.74, 6) is -1.17. The van der Waals surface area contributed by atoms with Gasteiger partial charge < -0.3 is 14.9 Å². The molecule has 3 unspecified atom stereocenters. The summed E-state index contributed by atoms with van der Waals surface area (Å²) >= 11 is 0. The van der Waals surface area contributed by atoms with Gasteiger partial charge in [-0.05, 0) is 30.6 Å². The number of Topliss-reactive ketones (excluding diaryl/α,β-unsaturated/α-hetero) is 1. The summed E-state index contributed by atoms with van der Waals surface area (Å²) in [6.45, 7) is 6.56. The predicted molar refractivity (Wildman–Crippen MR) is 74.4 cm³/mol. The zero-order valence-corrected chi connectivity index (χ0v) is 12.6. The van der Waals surface area contributed by atoms with Gasteiger partial charge in [0.25, 0.3) is 0 Å². The van der Waals surface area contributed by atoms with Crippen LogP contribution in [0.2, 0.25) is 0 Å². The molecule has 2 N–H and O–H groups in total. The Labute approximate surface area is 120 Å². The monoisotopic (exact) mass is 286 g/mol. The Morgan fingerprint density at radius 2 is 2.05 bits per heavy atom. The SMILES string of the molecule is CC(C)C1(C)CCCC(OCC(=O)CC(O)C(=O)O)C1. The third-order valence-electron chi connectivity index (χ3n) is 4.55. The Morgan fingerprint density at radius 3 is 2.60 bits per heavy atom. The number of aliphatic hydroxyl groups excluding tert-OH is 1. The molecule has 0 heterocycles. The lowest BCUT2D eigenvalue weighted by molar-refractivity contribution is -0.149. The van der Waals surface area contributed by atoms with Gasteiger partial charge in [-0.25, -0.2) is 4.79 Å². The van der Waals surface area contributed by atoms with Crippen molar-refractivity contribution >= 4 is 11.8 Å². The molecule has 20 heavy (non-hydrogen) atoms. The number of aliphatic carboxylic acids is 1. The highest BCUT2D eigenvalue weighted by Crippen LogP contribution is 2.42. The minimum Gasteiger partial charge on any atom is -0.479 e. The van der Waals surface area contributed by atoms with Crippen molar-refractivity contribution in [2.24, 2.45) is 11.3 Å². The molecule has 1 rings (SSSR count). The zero-order chi connectivity index (χ0) is 15.3. The fourth-order valence-corrected chi connectivity index (χ4v) is 2.70. The summed E-state index contributed by atoms with van der Waals surface area (Å²) in [6, 6.07) is 0. The Bertz CT molecular complexity index is 352. The molecule has 0 saturated heterocycles. The molecule has 116 valence electrons. The summed E-state index contributed by atoms with van der Waals surface area (Å²) in [5, 5.41) is 17.6. The van der Waals surface area contributed by atoms with Crippen LogP contribution in [0.3, 0.4) is 0 Å². The molecule has 0 bridgehead atoms. The van der Waals surface area contributed by atoms with Crippen LogP contribution in [0.15, 0.2) is 0 Å². The first-order valence-corrected chi connectivity index (χ1v) is 7.29. The van der Waals surface area contributed by atoms with Gasteiger partial charge in [-0.2, -0.15) is 0 Å². The van der Waals surface area contributed by atoms with Crippen LogP contribution in [-0.4, -0.2) is 40.8 Å². The molecule has 1 aliphatic rings. The van der Waals surface area contributed by atoms with Crippen molar-refractivity contribution in [3.63, 3.8) is 0 Å². The van der Waals surface area contributed by atoms with E-state index in [4.69, 9.17) is 14.9 Å². The second-order valence-electron chi connectivity index (χ2n) is 6.43. The number of rotatable bonds is 7. The van der Waals surface area contributed by atoms with Gasteiger partial charge in [0.05, 0.1) is 6.10 Å². The lowest BCUT2D eigenvalue weighted by Gasteiger charge is -2.41. The van der Waals surface area contributed by atoms with E-state index < -0.39 is 12.1 Å². The molecule has 5 nitrogen and oxygen atoms in total. The maximum Gasteiger partial charge on any atom is 0.332 e. The second kappa shape index (κ2) is 7.18. The fourth-order valence-electron chi connectivity index (χ4n) is 2.70. The third kappa shape index (κ3) is 4.87. The molecule has 0 aliphatic heterocycles. The third-order valence-corrected chi connectivity index (χ3v) is 4.55. The van der Waals surface area contributed by atoms with E-state index in [2.05, 4.69) is 20.8 Å². The number of hydrogen-bond donors (Lipinski definition) is 2. The van der Waals surface area contributed by atoms with Crippen molar-refractivity contribution in [1.29, 1.82) is 0 Å². The maximum atomic E-state index is 11.5. The van der Waals surface area contributed by atoms with Crippen molar-refractivity contribution in [2.75, 3.05) is 6.61 Å². The smallest absolute Gasteiger partial charge is 0.332 e. The number of aliphatic hydroxyl groups is 1. The van der Waals surface area contributed by atoms with Gasteiger partial charge in [-0.15, -0.1) is 0 Å². The van der Waals surface area contributed by atoms with Crippen LogP contribution in [0.1, 0.15) is 52.9 Å². The summed E-state index contributed by atoms with van der Waals surface area (Å²) in [4.78, 5) is 22.0. The van der Waals surface area contributed by atoms with Crippen LogP contribution in [0.4, 0.5) is 0 Å². The Hall–Kier alpha value is -0.940. The van der Waals surface area contributed by atoms with E-state index in [1.807, 2.05) is 0 Å². The van der Waals surface area contributed by atoms with E-state index >= 15 is 0 Å². The van der Waals surface area contributed by atoms with E-state index in [0.717, 1.165) is 19.3 Å². The fraction of sp³-hybridized carbons (Fsp3) is 0.867. The average Bonchev–Trinajstić information content (AvgIpc) is 2.36. The van der Waals surface area contributed by atoms with Gasteiger partial charge in [0.2, 0.25) is 0 Å². The van der Waals surface area contributed by atoms with E-state index in [0.29, 0.717) is 5.92 Å². The van der Waals surface area contributed by atoms with Gasteiger partial charge in [0.1, 0.15) is 6.61 Å². The van der Waals surface area contributed by atoms with Crippen LogP contribution in [0, 0.1) is 11.3 Å². The van der Waals surface area contributed by atoms with Crippen LogP contribution in [-0.2, 0) is 14.3 Å². The Morgan fingerprint density at radius 1 is 1.40 bits per heavy atom. The molecule has 1 saturated carbocycles. The van der Waals surface area contributed by atoms with Gasteiger partial charge in [-0.1, -0.05) is 27.2 Å². The number of ketones is 1. The Kier molecular flexibility index (Phi) is 6.14. The summed E-state index contributed by atoms with van der Waals surface area (Å²) in [5.41, 5.74) is 0.243. The van der Waals surface area contributed by atoms with Gasteiger partial charge in [0.15, 0.2) is 11.9 Å². The molecule has 0 aromatic rings. The normalized spacial score (nSPS) is 28.4. The molecular formula is C15H26O5. The molecule has 1 fully saturated rings. The van der Waals surface area contributed by atoms with E-state index in [-0.39, 0.29) is 30.3 Å².